The molecule has 0 saturated heterocycles. The molecule has 0 amide bonds. The average Bonchev–Trinajstić information content (AvgIpc) is 2.92. The minimum Gasteiger partial charge on any atom is -0.345 e. The second kappa shape index (κ2) is 6.23. The lowest BCUT2D eigenvalue weighted by molar-refractivity contribution is 0.341. The van der Waals surface area contributed by atoms with Crippen molar-refractivity contribution in [2.45, 2.75) is 51.1 Å². The first kappa shape index (κ1) is 13.4. The molecule has 1 aromatic carbocycles. The van der Waals surface area contributed by atoms with E-state index in [-0.39, 0.29) is 0 Å². The third kappa shape index (κ3) is 3.28. The number of H-pyrrole nitrogens is 1. The molecule has 0 radical (unpaired) electrons. The Balaban J connectivity index is 1.47. The Bertz CT molecular complexity index is 524. The quantitative estimate of drug-likeness (QED) is 0.891. The Morgan fingerprint density at radius 1 is 1.15 bits per heavy atom. The maximum absolute atomic E-state index is 4.24. The molecule has 0 bridgehead atoms. The molecule has 0 atom stereocenters. The van der Waals surface area contributed by atoms with E-state index in [0.717, 1.165) is 18.3 Å². The van der Waals surface area contributed by atoms with Crippen LogP contribution in [0.3, 0.4) is 0 Å². The largest absolute Gasteiger partial charge is 0.345 e. The molecule has 3 heteroatoms. The van der Waals surface area contributed by atoms with E-state index < -0.39 is 0 Å². The molecule has 2 aromatic rings. The summed E-state index contributed by atoms with van der Waals surface area (Å²) in [5, 5.41) is 3.65. The molecule has 3 rings (SSSR count). The molecular formula is C17H23N3. The summed E-state index contributed by atoms with van der Waals surface area (Å²) in [5.74, 6) is 1.75. The minimum absolute atomic E-state index is 0.651. The monoisotopic (exact) mass is 269 g/mol. The van der Waals surface area contributed by atoms with Gasteiger partial charge in [0.2, 0.25) is 0 Å². The molecular weight excluding hydrogens is 246 g/mol. The number of nitrogens with zero attached hydrogens (tertiary/aromatic N) is 1. The van der Waals surface area contributed by atoms with Crippen LogP contribution in [0.1, 0.15) is 48.7 Å². The van der Waals surface area contributed by atoms with Gasteiger partial charge < -0.3 is 10.3 Å². The van der Waals surface area contributed by atoms with Gasteiger partial charge in [0.15, 0.2) is 0 Å². The number of aromatic nitrogens is 2. The highest BCUT2D eigenvalue weighted by Gasteiger charge is 2.21. The predicted molar refractivity (Wildman–Crippen MR) is 81.6 cm³/mol. The number of aryl methyl sites for hydroxylation is 1. The maximum Gasteiger partial charge on any atom is 0.103 e. The van der Waals surface area contributed by atoms with Crippen LogP contribution in [0.4, 0.5) is 0 Å². The van der Waals surface area contributed by atoms with Crippen molar-refractivity contribution >= 4 is 0 Å². The highest BCUT2D eigenvalue weighted by Crippen LogP contribution is 2.32. The van der Waals surface area contributed by atoms with Gasteiger partial charge >= 0.3 is 0 Å². The van der Waals surface area contributed by atoms with Crippen molar-refractivity contribution < 1.29 is 0 Å². The molecule has 1 saturated carbocycles. The Morgan fingerprint density at radius 3 is 2.55 bits per heavy atom. The fourth-order valence-corrected chi connectivity index (χ4v) is 3.17. The number of rotatable bonds is 4. The molecule has 2 N–H and O–H groups in total. The summed E-state index contributed by atoms with van der Waals surface area (Å²) in [6.07, 6.45) is 7.06. The first-order valence-corrected chi connectivity index (χ1v) is 7.60. The lowest BCUT2D eigenvalue weighted by atomic mass is 9.82. The molecule has 20 heavy (non-hydrogen) atoms. The third-order valence-corrected chi connectivity index (χ3v) is 4.33. The Morgan fingerprint density at radius 2 is 1.90 bits per heavy atom. The summed E-state index contributed by atoms with van der Waals surface area (Å²) in [7, 11) is 0. The van der Waals surface area contributed by atoms with Gasteiger partial charge in [0, 0.05) is 24.5 Å². The maximum atomic E-state index is 4.24. The van der Waals surface area contributed by atoms with Crippen molar-refractivity contribution in [3.63, 3.8) is 0 Å². The SMILES string of the molecule is Cc1ncc(CNC2CCC(c3ccccc3)CC2)[nH]1. The zero-order valence-corrected chi connectivity index (χ0v) is 12.1. The van der Waals surface area contributed by atoms with Crippen LogP contribution >= 0.6 is 0 Å². The van der Waals surface area contributed by atoms with Crippen LogP contribution < -0.4 is 5.32 Å². The predicted octanol–water partition coefficient (Wildman–Crippen LogP) is 3.53. The molecule has 3 nitrogen and oxygen atoms in total. The van der Waals surface area contributed by atoms with Crippen LogP contribution in [0.25, 0.3) is 0 Å². The smallest absolute Gasteiger partial charge is 0.103 e. The molecule has 106 valence electrons. The van der Waals surface area contributed by atoms with Crippen molar-refractivity contribution in [1.29, 1.82) is 0 Å². The zero-order chi connectivity index (χ0) is 13.8. The van der Waals surface area contributed by atoms with Crippen LogP contribution in [0, 0.1) is 6.92 Å². The first-order chi connectivity index (χ1) is 9.81. The standard InChI is InChI=1S/C17H23N3/c1-13-18-11-17(20-13)12-19-16-9-7-15(8-10-16)14-5-3-2-4-6-14/h2-6,11,15-16,19H,7-10,12H2,1H3,(H,18,20). The second-order valence-corrected chi connectivity index (χ2v) is 5.83. The topological polar surface area (TPSA) is 40.7 Å². The fourth-order valence-electron chi connectivity index (χ4n) is 3.17. The zero-order valence-electron chi connectivity index (χ0n) is 12.1. The Hall–Kier alpha value is -1.61. The van der Waals surface area contributed by atoms with Gasteiger partial charge in [-0.3, -0.25) is 0 Å². The average molecular weight is 269 g/mol. The van der Waals surface area contributed by atoms with Gasteiger partial charge in [-0.1, -0.05) is 30.3 Å². The number of hydrogen-bond donors (Lipinski definition) is 2. The van der Waals surface area contributed by atoms with Gasteiger partial charge in [-0.25, -0.2) is 4.98 Å². The van der Waals surface area contributed by atoms with Gasteiger partial charge in [-0.15, -0.1) is 0 Å². The molecule has 1 aromatic heterocycles. The van der Waals surface area contributed by atoms with Crippen LogP contribution in [0.2, 0.25) is 0 Å². The lowest BCUT2D eigenvalue weighted by Gasteiger charge is -2.29. The van der Waals surface area contributed by atoms with Crippen molar-refractivity contribution in [2.24, 2.45) is 0 Å². The van der Waals surface area contributed by atoms with E-state index in [0.29, 0.717) is 6.04 Å². The third-order valence-electron chi connectivity index (χ3n) is 4.33. The number of nitrogens with one attached hydrogen (secondary N) is 2. The number of hydrogen-bond acceptors (Lipinski definition) is 2. The highest BCUT2D eigenvalue weighted by atomic mass is 15.0. The molecule has 0 aliphatic heterocycles. The first-order valence-electron chi connectivity index (χ1n) is 7.60. The molecule has 1 aliphatic rings. The highest BCUT2D eigenvalue weighted by molar-refractivity contribution is 5.20. The van der Waals surface area contributed by atoms with Crippen molar-refractivity contribution in [1.82, 2.24) is 15.3 Å². The van der Waals surface area contributed by atoms with Gasteiger partial charge in [-0.05, 0) is 44.1 Å². The number of benzene rings is 1. The van der Waals surface area contributed by atoms with Gasteiger partial charge in [-0.2, -0.15) is 0 Å². The van der Waals surface area contributed by atoms with Crippen LogP contribution in [-0.2, 0) is 6.54 Å². The Labute approximate surface area is 120 Å². The van der Waals surface area contributed by atoms with Gasteiger partial charge in [0.25, 0.3) is 0 Å². The van der Waals surface area contributed by atoms with E-state index in [2.05, 4.69) is 45.6 Å². The summed E-state index contributed by atoms with van der Waals surface area (Å²) in [6, 6.07) is 11.6. The summed E-state index contributed by atoms with van der Waals surface area (Å²) in [4.78, 5) is 7.51. The number of aromatic amines is 1. The van der Waals surface area contributed by atoms with Crippen LogP contribution in [0.15, 0.2) is 36.5 Å². The number of imidazole rings is 1. The summed E-state index contributed by atoms with van der Waals surface area (Å²) in [5.41, 5.74) is 2.70. The fraction of sp³-hybridized carbons (Fsp3) is 0.471. The molecule has 1 heterocycles. The van der Waals surface area contributed by atoms with Gasteiger partial charge in [0.1, 0.15) is 5.82 Å². The summed E-state index contributed by atoms with van der Waals surface area (Å²) in [6.45, 7) is 2.90. The molecule has 1 aliphatic carbocycles. The normalized spacial score (nSPS) is 22.9. The summed E-state index contributed by atoms with van der Waals surface area (Å²) < 4.78 is 0. The van der Waals surface area contributed by atoms with E-state index in [1.165, 1.54) is 36.9 Å². The van der Waals surface area contributed by atoms with Crippen molar-refractivity contribution in [3.8, 4) is 0 Å². The van der Waals surface area contributed by atoms with E-state index in [9.17, 15) is 0 Å². The Kier molecular flexibility index (Phi) is 4.16. The van der Waals surface area contributed by atoms with E-state index in [4.69, 9.17) is 0 Å². The van der Waals surface area contributed by atoms with Crippen LogP contribution in [0.5, 0.6) is 0 Å². The van der Waals surface area contributed by atoms with Crippen LogP contribution in [-0.4, -0.2) is 16.0 Å². The second-order valence-electron chi connectivity index (χ2n) is 5.83. The van der Waals surface area contributed by atoms with E-state index in [1.807, 2.05) is 13.1 Å². The van der Waals surface area contributed by atoms with Gasteiger partial charge in [0.05, 0.1) is 0 Å². The van der Waals surface area contributed by atoms with Crippen molar-refractivity contribution in [2.75, 3.05) is 0 Å². The van der Waals surface area contributed by atoms with E-state index in [1.54, 1.807) is 0 Å². The molecule has 0 spiro atoms. The lowest BCUT2D eigenvalue weighted by Crippen LogP contribution is -2.32. The van der Waals surface area contributed by atoms with Crippen molar-refractivity contribution in [3.05, 3.63) is 53.6 Å². The summed E-state index contributed by atoms with van der Waals surface area (Å²) >= 11 is 0. The minimum atomic E-state index is 0.651. The molecule has 0 unspecified atom stereocenters. The van der Waals surface area contributed by atoms with E-state index >= 15 is 0 Å². The molecule has 1 fully saturated rings.